The maximum atomic E-state index is 3.52. The number of nitrogens with zero attached hydrogens (tertiary/aromatic N) is 2. The Kier molecular flexibility index (Phi) is 5.73. The van der Waals surface area contributed by atoms with Crippen LogP contribution in [0.25, 0.3) is 0 Å². The molecular formula is C13H29N3. The average Bonchev–Trinajstić information content (AvgIpc) is 2.24. The molecule has 0 amide bonds. The van der Waals surface area contributed by atoms with Crippen LogP contribution in [0.3, 0.4) is 0 Å². The van der Waals surface area contributed by atoms with Crippen molar-refractivity contribution in [2.75, 3.05) is 33.7 Å². The molecule has 0 spiro atoms. The lowest BCUT2D eigenvalue weighted by Gasteiger charge is -2.39. The van der Waals surface area contributed by atoms with E-state index in [1.165, 1.54) is 25.9 Å². The van der Waals surface area contributed by atoms with E-state index in [0.29, 0.717) is 12.1 Å². The summed E-state index contributed by atoms with van der Waals surface area (Å²) in [5.41, 5.74) is 0. The second-order valence-corrected chi connectivity index (χ2v) is 5.64. The standard InChI is InChI=1S/C13H29N3/c1-11(2)14-9-12(3)16(5)13-7-6-8-15(4)10-13/h11-14H,6-10H2,1-5H3. The van der Waals surface area contributed by atoms with Crippen molar-refractivity contribution in [3.05, 3.63) is 0 Å². The zero-order chi connectivity index (χ0) is 12.1. The Morgan fingerprint density at radius 3 is 2.62 bits per heavy atom. The van der Waals surface area contributed by atoms with Crippen LogP contribution in [0.5, 0.6) is 0 Å². The van der Waals surface area contributed by atoms with Gasteiger partial charge in [-0.1, -0.05) is 13.8 Å². The summed E-state index contributed by atoms with van der Waals surface area (Å²) in [5, 5.41) is 3.52. The first kappa shape index (κ1) is 13.9. The van der Waals surface area contributed by atoms with Gasteiger partial charge in [0, 0.05) is 31.2 Å². The van der Waals surface area contributed by atoms with Crippen molar-refractivity contribution in [2.45, 2.75) is 51.7 Å². The lowest BCUT2D eigenvalue weighted by molar-refractivity contribution is 0.103. The Balaban J connectivity index is 2.33. The van der Waals surface area contributed by atoms with Gasteiger partial charge >= 0.3 is 0 Å². The smallest absolute Gasteiger partial charge is 0.0223 e. The summed E-state index contributed by atoms with van der Waals surface area (Å²) in [6.07, 6.45) is 2.70. The van der Waals surface area contributed by atoms with Crippen LogP contribution in [0.1, 0.15) is 33.6 Å². The highest BCUT2D eigenvalue weighted by Crippen LogP contribution is 2.15. The van der Waals surface area contributed by atoms with Gasteiger partial charge in [-0.05, 0) is 40.4 Å². The van der Waals surface area contributed by atoms with Crippen LogP contribution in [0, 0.1) is 0 Å². The molecule has 0 saturated carbocycles. The van der Waals surface area contributed by atoms with Gasteiger partial charge in [-0.3, -0.25) is 4.90 Å². The van der Waals surface area contributed by atoms with E-state index in [2.05, 4.69) is 50.0 Å². The minimum Gasteiger partial charge on any atom is -0.313 e. The summed E-state index contributed by atoms with van der Waals surface area (Å²) in [7, 11) is 4.51. The van der Waals surface area contributed by atoms with Crippen molar-refractivity contribution in [2.24, 2.45) is 0 Å². The lowest BCUT2D eigenvalue weighted by atomic mass is 10.0. The fraction of sp³-hybridized carbons (Fsp3) is 1.00. The van der Waals surface area contributed by atoms with Gasteiger partial charge < -0.3 is 10.2 Å². The Labute approximate surface area is 101 Å². The van der Waals surface area contributed by atoms with Crippen LogP contribution in [-0.4, -0.2) is 61.7 Å². The molecule has 1 aliphatic rings. The summed E-state index contributed by atoms with van der Waals surface area (Å²) in [4.78, 5) is 5.00. The average molecular weight is 227 g/mol. The van der Waals surface area contributed by atoms with E-state index in [-0.39, 0.29) is 0 Å². The van der Waals surface area contributed by atoms with Crippen molar-refractivity contribution < 1.29 is 0 Å². The Hall–Kier alpha value is -0.120. The van der Waals surface area contributed by atoms with Crippen LogP contribution >= 0.6 is 0 Å². The van der Waals surface area contributed by atoms with Gasteiger partial charge in [-0.15, -0.1) is 0 Å². The Bertz CT molecular complexity index is 194. The lowest BCUT2D eigenvalue weighted by Crippen LogP contribution is -2.51. The van der Waals surface area contributed by atoms with E-state index in [1.807, 2.05) is 0 Å². The molecule has 1 N–H and O–H groups in total. The van der Waals surface area contributed by atoms with E-state index in [4.69, 9.17) is 0 Å². The molecular weight excluding hydrogens is 198 g/mol. The molecule has 1 aliphatic heterocycles. The van der Waals surface area contributed by atoms with Crippen molar-refractivity contribution in [3.8, 4) is 0 Å². The fourth-order valence-corrected chi connectivity index (χ4v) is 2.38. The molecule has 1 saturated heterocycles. The number of nitrogens with one attached hydrogen (secondary N) is 1. The summed E-state index contributed by atoms with van der Waals surface area (Å²) in [6.45, 7) is 10.3. The summed E-state index contributed by atoms with van der Waals surface area (Å²) in [6, 6.07) is 1.95. The van der Waals surface area contributed by atoms with E-state index in [9.17, 15) is 0 Å². The van der Waals surface area contributed by atoms with Crippen molar-refractivity contribution in [3.63, 3.8) is 0 Å². The second-order valence-electron chi connectivity index (χ2n) is 5.64. The Morgan fingerprint density at radius 1 is 1.38 bits per heavy atom. The first-order chi connectivity index (χ1) is 7.50. The predicted molar refractivity (Wildman–Crippen MR) is 70.9 cm³/mol. The molecule has 0 bridgehead atoms. The normalized spacial score (nSPS) is 25.3. The van der Waals surface area contributed by atoms with Crippen LogP contribution in [-0.2, 0) is 0 Å². The maximum absolute atomic E-state index is 3.52. The summed E-state index contributed by atoms with van der Waals surface area (Å²) in [5.74, 6) is 0. The number of hydrogen-bond donors (Lipinski definition) is 1. The van der Waals surface area contributed by atoms with Gasteiger partial charge in [0.25, 0.3) is 0 Å². The molecule has 0 aromatic rings. The number of rotatable bonds is 5. The van der Waals surface area contributed by atoms with Crippen LogP contribution in [0.15, 0.2) is 0 Å². The molecule has 2 unspecified atom stereocenters. The quantitative estimate of drug-likeness (QED) is 0.766. The van der Waals surface area contributed by atoms with E-state index >= 15 is 0 Å². The third-order valence-electron chi connectivity index (χ3n) is 3.69. The monoisotopic (exact) mass is 227 g/mol. The number of likely N-dealkylation sites (N-methyl/N-ethyl adjacent to an activating group) is 2. The highest BCUT2D eigenvalue weighted by Gasteiger charge is 2.23. The highest BCUT2D eigenvalue weighted by molar-refractivity contribution is 4.81. The minimum absolute atomic E-state index is 0.588. The van der Waals surface area contributed by atoms with Crippen LogP contribution in [0.2, 0.25) is 0 Å². The van der Waals surface area contributed by atoms with Gasteiger partial charge in [0.1, 0.15) is 0 Å². The summed E-state index contributed by atoms with van der Waals surface area (Å²) < 4.78 is 0. The zero-order valence-electron chi connectivity index (χ0n) is 11.7. The largest absolute Gasteiger partial charge is 0.313 e. The van der Waals surface area contributed by atoms with Crippen molar-refractivity contribution in [1.82, 2.24) is 15.1 Å². The molecule has 3 heteroatoms. The van der Waals surface area contributed by atoms with E-state index in [1.54, 1.807) is 0 Å². The van der Waals surface area contributed by atoms with Crippen molar-refractivity contribution in [1.29, 1.82) is 0 Å². The first-order valence-corrected chi connectivity index (χ1v) is 6.64. The molecule has 3 nitrogen and oxygen atoms in total. The molecule has 1 rings (SSSR count). The van der Waals surface area contributed by atoms with Crippen LogP contribution < -0.4 is 5.32 Å². The predicted octanol–water partition coefficient (Wildman–Crippen LogP) is 1.40. The van der Waals surface area contributed by atoms with Gasteiger partial charge in [0.05, 0.1) is 0 Å². The van der Waals surface area contributed by atoms with Crippen LogP contribution in [0.4, 0.5) is 0 Å². The molecule has 0 aliphatic carbocycles. The molecule has 0 radical (unpaired) electrons. The highest BCUT2D eigenvalue weighted by atomic mass is 15.2. The topological polar surface area (TPSA) is 18.5 Å². The summed E-state index contributed by atoms with van der Waals surface area (Å²) >= 11 is 0. The third kappa shape index (κ3) is 4.40. The van der Waals surface area contributed by atoms with E-state index < -0.39 is 0 Å². The zero-order valence-corrected chi connectivity index (χ0v) is 11.7. The SMILES string of the molecule is CC(C)NCC(C)N(C)C1CCCN(C)C1. The molecule has 0 aromatic carbocycles. The number of piperidine rings is 1. The van der Waals surface area contributed by atoms with Gasteiger partial charge in [0.2, 0.25) is 0 Å². The van der Waals surface area contributed by atoms with Crippen molar-refractivity contribution >= 4 is 0 Å². The molecule has 96 valence electrons. The molecule has 0 aromatic heterocycles. The van der Waals surface area contributed by atoms with Gasteiger partial charge in [-0.2, -0.15) is 0 Å². The number of hydrogen-bond acceptors (Lipinski definition) is 3. The molecule has 1 fully saturated rings. The minimum atomic E-state index is 0.588. The fourth-order valence-electron chi connectivity index (χ4n) is 2.38. The van der Waals surface area contributed by atoms with E-state index in [0.717, 1.165) is 12.6 Å². The number of likely N-dealkylation sites (tertiary alicyclic amines) is 1. The second kappa shape index (κ2) is 6.58. The molecule has 2 atom stereocenters. The molecule has 16 heavy (non-hydrogen) atoms. The molecule has 1 heterocycles. The van der Waals surface area contributed by atoms with Gasteiger partial charge in [0.15, 0.2) is 0 Å². The maximum Gasteiger partial charge on any atom is 0.0223 e. The third-order valence-corrected chi connectivity index (χ3v) is 3.69. The first-order valence-electron chi connectivity index (χ1n) is 6.64. The van der Waals surface area contributed by atoms with Gasteiger partial charge in [-0.25, -0.2) is 0 Å². The Morgan fingerprint density at radius 2 is 2.06 bits per heavy atom.